The Labute approximate surface area is 160 Å². The molecule has 2 aliphatic rings. The van der Waals surface area contributed by atoms with Gasteiger partial charge in [0, 0.05) is 23.7 Å². The minimum absolute atomic E-state index is 0.137. The van der Waals surface area contributed by atoms with E-state index in [4.69, 9.17) is 0 Å². The Hall–Kier alpha value is -2.62. The number of fused-ring (bicyclic) bond motifs is 3. The van der Waals surface area contributed by atoms with Crippen LogP contribution in [0.1, 0.15) is 61.4 Å². The summed E-state index contributed by atoms with van der Waals surface area (Å²) >= 11 is 0. The lowest BCUT2D eigenvalue weighted by atomic mass is 9.75. The second-order valence-corrected chi connectivity index (χ2v) is 8.83. The minimum atomic E-state index is -0.293. The number of rotatable bonds is 2. The summed E-state index contributed by atoms with van der Waals surface area (Å²) in [4.78, 5) is 11.0. The number of hydrogen-bond acceptors (Lipinski definition) is 3. The van der Waals surface area contributed by atoms with Crippen molar-refractivity contribution in [2.45, 2.75) is 51.5 Å². The smallest absolute Gasteiger partial charge is 0.270 e. The number of allylic oxidation sites excluding steroid dienone is 2. The van der Waals surface area contributed by atoms with E-state index in [1.807, 2.05) is 6.92 Å². The number of nitro groups is 1. The molecule has 0 amide bonds. The summed E-state index contributed by atoms with van der Waals surface area (Å²) in [6.45, 7) is 8.64. The van der Waals surface area contributed by atoms with Gasteiger partial charge in [0.1, 0.15) is 0 Å². The van der Waals surface area contributed by atoms with E-state index in [1.54, 1.807) is 12.1 Å². The molecule has 4 heteroatoms. The van der Waals surface area contributed by atoms with E-state index in [2.05, 4.69) is 62.5 Å². The molecular weight excluding hydrogens is 336 g/mol. The van der Waals surface area contributed by atoms with E-state index in [9.17, 15) is 10.1 Å². The largest absolute Gasteiger partial charge is 0.377 e. The Morgan fingerprint density at radius 1 is 1.15 bits per heavy atom. The van der Waals surface area contributed by atoms with E-state index < -0.39 is 0 Å². The molecule has 0 unspecified atom stereocenters. The van der Waals surface area contributed by atoms with Crippen LogP contribution in [0.2, 0.25) is 0 Å². The van der Waals surface area contributed by atoms with Crippen molar-refractivity contribution in [2.75, 3.05) is 5.32 Å². The molecule has 1 aliphatic heterocycles. The summed E-state index contributed by atoms with van der Waals surface area (Å²) < 4.78 is 0. The monoisotopic (exact) mass is 362 g/mol. The highest BCUT2D eigenvalue weighted by Gasteiger charge is 2.39. The van der Waals surface area contributed by atoms with Crippen LogP contribution >= 0.6 is 0 Å². The van der Waals surface area contributed by atoms with Gasteiger partial charge < -0.3 is 5.32 Å². The highest BCUT2D eigenvalue weighted by Crippen LogP contribution is 2.51. The third-order valence-electron chi connectivity index (χ3n) is 6.00. The zero-order valence-corrected chi connectivity index (χ0v) is 16.3. The number of non-ortho nitro benzene ring substituents is 1. The number of nitro benzene ring substituents is 1. The fourth-order valence-corrected chi connectivity index (χ4v) is 4.49. The lowest BCUT2D eigenvalue weighted by Gasteiger charge is -2.38. The molecule has 0 saturated carbocycles. The molecule has 140 valence electrons. The number of nitrogens with zero attached hydrogens (tertiary/aromatic N) is 1. The molecule has 0 aromatic heterocycles. The third-order valence-corrected chi connectivity index (χ3v) is 6.00. The summed E-state index contributed by atoms with van der Waals surface area (Å²) in [5, 5.41) is 15.0. The van der Waals surface area contributed by atoms with Crippen LogP contribution in [0.4, 0.5) is 11.4 Å². The molecule has 27 heavy (non-hydrogen) atoms. The van der Waals surface area contributed by atoms with Gasteiger partial charge in [-0.1, -0.05) is 57.2 Å². The first-order valence-electron chi connectivity index (χ1n) is 9.58. The Morgan fingerprint density at radius 3 is 2.48 bits per heavy atom. The average molecular weight is 362 g/mol. The summed E-state index contributed by atoms with van der Waals surface area (Å²) in [7, 11) is 0. The maximum atomic E-state index is 11.3. The molecule has 3 atom stereocenters. The fraction of sp³-hybridized carbons (Fsp3) is 0.391. The fourth-order valence-electron chi connectivity index (χ4n) is 4.49. The van der Waals surface area contributed by atoms with Crippen molar-refractivity contribution in [1.29, 1.82) is 0 Å². The Balaban J connectivity index is 1.75. The predicted molar refractivity (Wildman–Crippen MR) is 109 cm³/mol. The summed E-state index contributed by atoms with van der Waals surface area (Å²) in [5.74, 6) is 0.617. The van der Waals surface area contributed by atoms with Gasteiger partial charge in [-0.05, 0) is 46.9 Å². The number of hydrogen-bond donors (Lipinski definition) is 1. The Morgan fingerprint density at radius 2 is 1.85 bits per heavy atom. The van der Waals surface area contributed by atoms with Gasteiger partial charge in [0.05, 0.1) is 11.0 Å². The lowest BCUT2D eigenvalue weighted by Crippen LogP contribution is -2.29. The molecule has 0 spiro atoms. The first kappa shape index (κ1) is 17.8. The quantitative estimate of drug-likeness (QED) is 0.403. The lowest BCUT2D eigenvalue weighted by molar-refractivity contribution is -0.385. The van der Waals surface area contributed by atoms with Gasteiger partial charge >= 0.3 is 0 Å². The minimum Gasteiger partial charge on any atom is -0.377 e. The highest BCUT2D eigenvalue weighted by molar-refractivity contribution is 5.67. The van der Waals surface area contributed by atoms with Crippen LogP contribution in [0.25, 0.3) is 0 Å². The summed E-state index contributed by atoms with van der Waals surface area (Å²) in [6, 6.07) is 12.6. The van der Waals surface area contributed by atoms with Crippen LogP contribution in [0.3, 0.4) is 0 Å². The number of nitrogens with one attached hydrogen (secondary N) is 1. The van der Waals surface area contributed by atoms with Gasteiger partial charge in [-0.25, -0.2) is 0 Å². The highest BCUT2D eigenvalue weighted by atomic mass is 16.6. The molecule has 2 aromatic carbocycles. The first-order chi connectivity index (χ1) is 12.8. The van der Waals surface area contributed by atoms with E-state index in [1.165, 1.54) is 11.1 Å². The van der Waals surface area contributed by atoms with Crippen molar-refractivity contribution in [1.82, 2.24) is 0 Å². The molecule has 4 nitrogen and oxygen atoms in total. The van der Waals surface area contributed by atoms with E-state index in [0.29, 0.717) is 5.92 Å². The van der Waals surface area contributed by atoms with Crippen LogP contribution in [0, 0.1) is 23.0 Å². The molecular formula is C23H26N2O2. The van der Waals surface area contributed by atoms with Crippen molar-refractivity contribution in [3.8, 4) is 0 Å². The van der Waals surface area contributed by atoms with Crippen LogP contribution < -0.4 is 5.32 Å². The molecule has 0 bridgehead atoms. The van der Waals surface area contributed by atoms with Crippen molar-refractivity contribution in [3.63, 3.8) is 0 Å². The first-order valence-corrected chi connectivity index (χ1v) is 9.58. The number of anilines is 1. The zero-order chi connectivity index (χ0) is 19.3. The maximum Gasteiger partial charge on any atom is 0.270 e. The molecule has 1 N–H and O–H groups in total. The molecule has 1 heterocycles. The standard InChI is InChI=1S/C23H26N2O2/c1-14-12-17(25(26)27)13-20-18-6-5-7-19(18)22(24-21(14)20)15-8-10-16(11-9-15)23(2,3)4/h5-6,8-13,18-19,22,24H,7H2,1-4H3/t18-,19-,22+/m0/s1. The Kier molecular flexibility index (Phi) is 4.10. The number of benzene rings is 2. The van der Waals surface area contributed by atoms with Gasteiger partial charge in [0.15, 0.2) is 0 Å². The van der Waals surface area contributed by atoms with Gasteiger partial charge in [-0.15, -0.1) is 0 Å². The van der Waals surface area contributed by atoms with Crippen LogP contribution in [-0.4, -0.2) is 4.92 Å². The molecule has 2 aromatic rings. The predicted octanol–water partition coefficient (Wildman–Crippen LogP) is 6.03. The second kappa shape index (κ2) is 6.22. The van der Waals surface area contributed by atoms with Gasteiger partial charge in [0.2, 0.25) is 0 Å². The average Bonchev–Trinajstić information content (AvgIpc) is 3.10. The molecule has 0 saturated heterocycles. The molecule has 0 radical (unpaired) electrons. The zero-order valence-electron chi connectivity index (χ0n) is 16.3. The van der Waals surface area contributed by atoms with Gasteiger partial charge in [-0.3, -0.25) is 10.1 Å². The third kappa shape index (κ3) is 3.03. The maximum absolute atomic E-state index is 11.3. The van der Waals surface area contributed by atoms with Crippen molar-refractivity contribution in [3.05, 3.63) is 80.9 Å². The molecule has 0 fully saturated rings. The SMILES string of the molecule is Cc1cc([N+](=O)[O-])cc2c1N[C@H](c1ccc(C(C)(C)C)cc1)[C@H]1CC=C[C@H]21. The van der Waals surface area contributed by atoms with Crippen molar-refractivity contribution >= 4 is 11.4 Å². The summed E-state index contributed by atoms with van der Waals surface area (Å²) in [6.07, 6.45) is 5.44. The van der Waals surface area contributed by atoms with E-state index in [0.717, 1.165) is 23.2 Å². The van der Waals surface area contributed by atoms with Crippen molar-refractivity contribution in [2.24, 2.45) is 5.92 Å². The molecule has 1 aliphatic carbocycles. The second-order valence-electron chi connectivity index (χ2n) is 8.83. The van der Waals surface area contributed by atoms with Gasteiger partial charge in [0.25, 0.3) is 5.69 Å². The molecule has 4 rings (SSSR count). The van der Waals surface area contributed by atoms with E-state index in [-0.39, 0.29) is 28.0 Å². The Bertz CT molecular complexity index is 923. The van der Waals surface area contributed by atoms with E-state index >= 15 is 0 Å². The van der Waals surface area contributed by atoms with Crippen molar-refractivity contribution < 1.29 is 4.92 Å². The van der Waals surface area contributed by atoms with Crippen LogP contribution in [0.15, 0.2) is 48.6 Å². The van der Waals surface area contributed by atoms with Crippen LogP contribution in [-0.2, 0) is 5.41 Å². The normalized spacial score (nSPS) is 23.5. The summed E-state index contributed by atoms with van der Waals surface area (Å²) in [5.41, 5.74) is 5.98. The van der Waals surface area contributed by atoms with Crippen LogP contribution in [0.5, 0.6) is 0 Å². The number of aryl methyl sites for hydroxylation is 1. The van der Waals surface area contributed by atoms with Gasteiger partial charge in [-0.2, -0.15) is 0 Å². The topological polar surface area (TPSA) is 55.2 Å².